The third kappa shape index (κ3) is 3.11. The van der Waals surface area contributed by atoms with Crippen LogP contribution in [0, 0.1) is 0 Å². The molecule has 0 saturated heterocycles. The summed E-state index contributed by atoms with van der Waals surface area (Å²) in [6.45, 7) is 2.95. The molecule has 0 N–H and O–H groups in total. The van der Waals surface area contributed by atoms with Crippen LogP contribution in [0.5, 0.6) is 11.5 Å². The lowest BCUT2D eigenvalue weighted by Gasteiger charge is -2.11. The van der Waals surface area contributed by atoms with Crippen molar-refractivity contribution in [2.24, 2.45) is 0 Å². The number of ether oxygens (including phenoxy) is 2. The van der Waals surface area contributed by atoms with Crippen molar-refractivity contribution < 1.29 is 14.3 Å². The lowest BCUT2D eigenvalue weighted by molar-refractivity contribution is 0.112. The van der Waals surface area contributed by atoms with E-state index in [2.05, 4.69) is 0 Å². The lowest BCUT2D eigenvalue weighted by Crippen LogP contribution is -1.99. The first-order valence-electron chi connectivity index (χ1n) is 5.70. The molecule has 0 spiro atoms. The van der Waals surface area contributed by atoms with Crippen LogP contribution in [0.4, 0.5) is 0 Å². The Morgan fingerprint density at radius 2 is 2.11 bits per heavy atom. The Kier molecular flexibility index (Phi) is 4.36. The molecule has 4 heteroatoms. The lowest BCUT2D eigenvalue weighted by atomic mass is 10.2. The topological polar surface area (TPSA) is 35.5 Å². The number of hydrogen-bond donors (Lipinski definition) is 0. The minimum Gasteiger partial charge on any atom is -0.490 e. The van der Waals surface area contributed by atoms with Crippen molar-refractivity contribution in [2.45, 2.75) is 13.5 Å². The Hall–Kier alpha value is -1.81. The molecular formula is C14H14O3S. The molecular weight excluding hydrogens is 248 g/mol. The number of rotatable bonds is 6. The van der Waals surface area contributed by atoms with E-state index in [0.717, 1.165) is 11.2 Å². The third-order valence-electron chi connectivity index (χ3n) is 2.35. The molecule has 2 aromatic rings. The molecule has 0 bridgehead atoms. The summed E-state index contributed by atoms with van der Waals surface area (Å²) >= 11 is 1.65. The van der Waals surface area contributed by atoms with E-state index >= 15 is 0 Å². The average Bonchev–Trinajstić information content (AvgIpc) is 2.90. The molecule has 0 amide bonds. The summed E-state index contributed by atoms with van der Waals surface area (Å²) in [5, 5.41) is 2.01. The maximum atomic E-state index is 10.7. The molecule has 0 radical (unpaired) electrons. The Labute approximate surface area is 110 Å². The van der Waals surface area contributed by atoms with Crippen molar-refractivity contribution in [3.8, 4) is 11.5 Å². The Balaban J connectivity index is 2.12. The van der Waals surface area contributed by atoms with Crippen LogP contribution in [0.15, 0.2) is 35.7 Å². The molecule has 94 valence electrons. The van der Waals surface area contributed by atoms with Gasteiger partial charge in [0, 0.05) is 10.4 Å². The van der Waals surface area contributed by atoms with Crippen molar-refractivity contribution in [3.63, 3.8) is 0 Å². The number of carbonyl (C=O) groups is 1. The van der Waals surface area contributed by atoms with E-state index in [1.54, 1.807) is 29.5 Å². The first kappa shape index (κ1) is 12.6. The van der Waals surface area contributed by atoms with Crippen LogP contribution in [-0.4, -0.2) is 12.9 Å². The summed E-state index contributed by atoms with van der Waals surface area (Å²) in [6, 6.07) is 9.19. The van der Waals surface area contributed by atoms with E-state index in [4.69, 9.17) is 9.47 Å². The Bertz CT molecular complexity index is 506. The van der Waals surface area contributed by atoms with Gasteiger partial charge in [-0.05, 0) is 36.6 Å². The molecule has 2 rings (SSSR count). The van der Waals surface area contributed by atoms with Gasteiger partial charge in [0.05, 0.1) is 6.61 Å². The van der Waals surface area contributed by atoms with E-state index in [1.807, 2.05) is 24.4 Å². The summed E-state index contributed by atoms with van der Waals surface area (Å²) < 4.78 is 11.2. The highest BCUT2D eigenvalue weighted by Gasteiger charge is 2.06. The van der Waals surface area contributed by atoms with Crippen LogP contribution in [0.1, 0.15) is 22.2 Å². The standard InChI is InChI=1S/C14H14O3S/c1-2-16-14-8-11(9-15)5-6-13(14)17-10-12-4-3-7-18-12/h3-9H,2,10H2,1H3. The predicted octanol–water partition coefficient (Wildman–Crippen LogP) is 3.54. The molecule has 0 fully saturated rings. The Morgan fingerprint density at radius 3 is 2.78 bits per heavy atom. The van der Waals surface area contributed by atoms with Crippen molar-refractivity contribution in [1.29, 1.82) is 0 Å². The second-order valence-corrected chi connectivity index (χ2v) is 4.66. The van der Waals surface area contributed by atoms with Crippen molar-refractivity contribution in [2.75, 3.05) is 6.61 Å². The molecule has 0 atom stereocenters. The molecule has 3 nitrogen and oxygen atoms in total. The zero-order chi connectivity index (χ0) is 12.8. The molecule has 0 saturated carbocycles. The van der Waals surface area contributed by atoms with Gasteiger partial charge in [0.25, 0.3) is 0 Å². The van der Waals surface area contributed by atoms with Crippen molar-refractivity contribution >= 4 is 17.6 Å². The van der Waals surface area contributed by atoms with Crippen LogP contribution >= 0.6 is 11.3 Å². The highest BCUT2D eigenvalue weighted by Crippen LogP contribution is 2.29. The van der Waals surface area contributed by atoms with Gasteiger partial charge in [-0.15, -0.1) is 11.3 Å². The first-order valence-corrected chi connectivity index (χ1v) is 6.58. The normalized spacial score (nSPS) is 10.1. The summed E-state index contributed by atoms with van der Waals surface area (Å²) in [7, 11) is 0. The molecule has 0 unspecified atom stereocenters. The smallest absolute Gasteiger partial charge is 0.161 e. The number of carbonyl (C=O) groups excluding carboxylic acids is 1. The second-order valence-electron chi connectivity index (χ2n) is 3.63. The SMILES string of the molecule is CCOc1cc(C=O)ccc1OCc1cccs1. The fourth-order valence-electron chi connectivity index (χ4n) is 1.53. The van der Waals surface area contributed by atoms with Crippen LogP contribution in [0.2, 0.25) is 0 Å². The van der Waals surface area contributed by atoms with E-state index in [0.29, 0.717) is 30.3 Å². The van der Waals surface area contributed by atoms with Crippen LogP contribution in [0.25, 0.3) is 0 Å². The molecule has 0 aliphatic heterocycles. The summed E-state index contributed by atoms with van der Waals surface area (Å²) in [6.07, 6.45) is 0.797. The second kappa shape index (κ2) is 6.21. The fraction of sp³-hybridized carbons (Fsp3) is 0.214. The monoisotopic (exact) mass is 262 g/mol. The minimum absolute atomic E-state index is 0.512. The van der Waals surface area contributed by atoms with Gasteiger partial charge in [-0.1, -0.05) is 6.07 Å². The average molecular weight is 262 g/mol. The van der Waals surface area contributed by atoms with Crippen molar-refractivity contribution in [1.82, 2.24) is 0 Å². The van der Waals surface area contributed by atoms with Gasteiger partial charge in [-0.3, -0.25) is 4.79 Å². The third-order valence-corrected chi connectivity index (χ3v) is 3.20. The number of thiophene rings is 1. The van der Waals surface area contributed by atoms with Crippen molar-refractivity contribution in [3.05, 3.63) is 46.2 Å². The molecule has 1 aromatic carbocycles. The van der Waals surface area contributed by atoms with Gasteiger partial charge in [-0.2, -0.15) is 0 Å². The van der Waals surface area contributed by atoms with E-state index in [9.17, 15) is 4.79 Å². The number of hydrogen-bond acceptors (Lipinski definition) is 4. The highest BCUT2D eigenvalue weighted by atomic mass is 32.1. The fourth-order valence-corrected chi connectivity index (χ4v) is 2.15. The van der Waals surface area contributed by atoms with Gasteiger partial charge in [0.2, 0.25) is 0 Å². The number of aldehydes is 1. The minimum atomic E-state index is 0.512. The summed E-state index contributed by atoms with van der Waals surface area (Å²) in [4.78, 5) is 11.9. The zero-order valence-corrected chi connectivity index (χ0v) is 10.9. The summed E-state index contributed by atoms with van der Waals surface area (Å²) in [5.74, 6) is 1.27. The number of benzene rings is 1. The Morgan fingerprint density at radius 1 is 1.22 bits per heavy atom. The molecule has 18 heavy (non-hydrogen) atoms. The van der Waals surface area contributed by atoms with Crippen LogP contribution < -0.4 is 9.47 Å². The summed E-state index contributed by atoms with van der Waals surface area (Å²) in [5.41, 5.74) is 0.585. The van der Waals surface area contributed by atoms with Gasteiger partial charge in [0.15, 0.2) is 11.5 Å². The van der Waals surface area contributed by atoms with E-state index in [1.165, 1.54) is 0 Å². The maximum Gasteiger partial charge on any atom is 0.161 e. The van der Waals surface area contributed by atoms with Crippen LogP contribution in [0.3, 0.4) is 0 Å². The quantitative estimate of drug-likeness (QED) is 0.747. The molecule has 0 aliphatic carbocycles. The van der Waals surface area contributed by atoms with Gasteiger partial charge >= 0.3 is 0 Å². The molecule has 0 aliphatic rings. The highest BCUT2D eigenvalue weighted by molar-refractivity contribution is 7.09. The molecule has 1 heterocycles. The largest absolute Gasteiger partial charge is 0.490 e. The van der Waals surface area contributed by atoms with Gasteiger partial charge in [0.1, 0.15) is 12.9 Å². The first-order chi connectivity index (χ1) is 8.83. The van der Waals surface area contributed by atoms with E-state index < -0.39 is 0 Å². The maximum absolute atomic E-state index is 10.7. The van der Waals surface area contributed by atoms with E-state index in [-0.39, 0.29) is 0 Å². The molecule has 1 aromatic heterocycles. The predicted molar refractivity (Wildman–Crippen MR) is 71.6 cm³/mol. The zero-order valence-electron chi connectivity index (χ0n) is 10.1. The van der Waals surface area contributed by atoms with Gasteiger partial charge < -0.3 is 9.47 Å². The van der Waals surface area contributed by atoms with Gasteiger partial charge in [-0.25, -0.2) is 0 Å². The van der Waals surface area contributed by atoms with Crippen LogP contribution in [-0.2, 0) is 6.61 Å².